The van der Waals surface area contributed by atoms with Crippen molar-refractivity contribution in [2.75, 3.05) is 26.4 Å². The van der Waals surface area contributed by atoms with Crippen LogP contribution in [0.2, 0.25) is 0 Å². The van der Waals surface area contributed by atoms with E-state index >= 15 is 0 Å². The Morgan fingerprint density at radius 2 is 0.884 bits per heavy atom. The van der Waals surface area contributed by atoms with Crippen LogP contribution in [0.5, 0.6) is 5.75 Å². The van der Waals surface area contributed by atoms with Gasteiger partial charge >= 0.3 is 5.63 Å². The molecular formula is C42H60N4O23. The van der Waals surface area contributed by atoms with E-state index in [-0.39, 0.29) is 11.3 Å². The summed E-state index contributed by atoms with van der Waals surface area (Å²) in [6.07, 6.45) is -27.1. The molecule has 1 unspecified atom stereocenters. The number of amides is 4. The number of carbonyl (C=O) groups excluding carboxylic acids is 4. The fourth-order valence-electron chi connectivity index (χ4n) is 8.77. The molecular weight excluding hydrogens is 928 g/mol. The summed E-state index contributed by atoms with van der Waals surface area (Å²) in [6, 6.07) is -0.381. The largest absolute Gasteiger partial charge is 0.462 e. The summed E-state index contributed by atoms with van der Waals surface area (Å²) >= 11 is 0. The van der Waals surface area contributed by atoms with Crippen LogP contribution in [0, 0.1) is 6.92 Å². The topological polar surface area (TPSA) is 403 Å². The highest BCUT2D eigenvalue weighted by atomic mass is 16.8. The first-order valence-electron chi connectivity index (χ1n) is 21.9. The molecule has 4 amide bonds. The van der Waals surface area contributed by atoms with Gasteiger partial charge in [-0.3, -0.25) is 19.2 Å². The Kier molecular flexibility index (Phi) is 18.0. The third kappa shape index (κ3) is 12.2. The first-order chi connectivity index (χ1) is 32.7. The van der Waals surface area contributed by atoms with Crippen LogP contribution in [0.4, 0.5) is 0 Å². The third-order valence-electron chi connectivity index (χ3n) is 12.0. The van der Waals surface area contributed by atoms with Crippen LogP contribution >= 0.6 is 0 Å². The van der Waals surface area contributed by atoms with E-state index in [2.05, 4.69) is 21.3 Å². The summed E-state index contributed by atoms with van der Waals surface area (Å²) in [5.41, 5.74) is 0.170. The van der Waals surface area contributed by atoms with Gasteiger partial charge < -0.3 is 110 Å². The molecule has 1 aromatic heterocycles. The lowest BCUT2D eigenvalue weighted by molar-refractivity contribution is -0.361. The second-order valence-corrected chi connectivity index (χ2v) is 17.1. The Hall–Kier alpha value is -4.53. The SMILES string of the molecule is CC(=O)N[C@H]1[C@H](OC2[C@@H](CO)O[C@@H](Oc3ccc4c(C)cc(=O)oc4c3)[C@H](NC(C)=O)[C@H]2O)O[C@H](CO)[C@@H](O[C@@H]2O[C@H](CO)[C@@H](O[C@@H]3O[C@H](CO)[C@@H](O)[C@H](O)[C@H]3NC(C)=O)[C@H](O)[C@H]2NC(C)=O)[C@@H]1O. The molecule has 0 radical (unpaired) electrons. The highest BCUT2D eigenvalue weighted by Crippen LogP contribution is 2.35. The van der Waals surface area contributed by atoms with Gasteiger partial charge in [-0.2, -0.15) is 0 Å². The Balaban J connectivity index is 1.23. The van der Waals surface area contributed by atoms with Crippen LogP contribution < -0.4 is 31.6 Å². The normalized spacial score (nSPS) is 38.2. The van der Waals surface area contributed by atoms with Crippen molar-refractivity contribution >= 4 is 34.6 Å². The first-order valence-corrected chi connectivity index (χ1v) is 21.9. The van der Waals surface area contributed by atoms with Crippen molar-refractivity contribution in [3.63, 3.8) is 0 Å². The number of aliphatic hydroxyl groups is 9. The van der Waals surface area contributed by atoms with Gasteiger partial charge in [0.2, 0.25) is 29.9 Å². The lowest BCUT2D eigenvalue weighted by atomic mass is 9.93. The Labute approximate surface area is 392 Å². The molecule has 4 saturated heterocycles. The quantitative estimate of drug-likeness (QED) is 0.0695. The molecule has 4 aliphatic rings. The number of hydrogen-bond donors (Lipinski definition) is 13. The Morgan fingerprint density at radius 3 is 1.28 bits per heavy atom. The molecule has 0 spiro atoms. The molecule has 2 aromatic rings. The monoisotopic (exact) mass is 988 g/mol. The predicted octanol–water partition coefficient (Wildman–Crippen LogP) is -6.67. The van der Waals surface area contributed by atoms with Gasteiger partial charge in [0, 0.05) is 45.2 Å². The standard InChI is InChI=1S/C42H60N4O23/c1-14-8-26(55)62-21-9-19(6-7-20(14)21)61-39-28(44-16(3)52)33(58)36(23(11-48)64-39)68-41-30(46-18(5)54)35(60)38(25(13-50)66-41)69-42-29(45-17(4)53)34(59)37(24(12-49)65-42)67-40-27(43-15(2)51)32(57)31(56)22(10-47)63-40/h6-9,22-25,27-42,47-50,56-60H,10-13H2,1-5H3,(H,43,51)(H,44,52)(H,45,53)(H,46,54)/t22-,23-,24-,25-,27-,28-,29-,30-,31-,32-,33-,34-,35-,36?,37-,38-,39-,40+,41+,42+/m1/s1. The van der Waals surface area contributed by atoms with E-state index in [0.717, 1.165) is 27.7 Å². The number of aliphatic hydroxyl groups excluding tert-OH is 9. The molecule has 386 valence electrons. The average Bonchev–Trinajstić information content (AvgIpc) is 3.28. The summed E-state index contributed by atoms with van der Waals surface area (Å²) in [5, 5.41) is 109. The van der Waals surface area contributed by atoms with E-state index < -0.39 is 178 Å². The smallest absolute Gasteiger partial charge is 0.336 e. The fraction of sp³-hybridized carbons (Fsp3) is 0.690. The van der Waals surface area contributed by atoms with Crippen LogP contribution in [0.25, 0.3) is 11.0 Å². The lowest BCUT2D eigenvalue weighted by Crippen LogP contribution is -2.72. The molecule has 0 bridgehead atoms. The van der Waals surface area contributed by atoms with Gasteiger partial charge in [-0.05, 0) is 24.6 Å². The number of hydrogen-bond acceptors (Lipinski definition) is 23. The number of fused-ring (bicyclic) bond motifs is 1. The van der Waals surface area contributed by atoms with Crippen LogP contribution in [-0.2, 0) is 52.3 Å². The van der Waals surface area contributed by atoms with Crippen molar-refractivity contribution in [3.8, 4) is 5.75 Å². The number of nitrogens with one attached hydrogen (secondary N) is 4. The van der Waals surface area contributed by atoms with E-state index in [0.29, 0.717) is 10.9 Å². The first kappa shape index (κ1) is 53.8. The highest BCUT2D eigenvalue weighted by Gasteiger charge is 2.56. The number of carbonyl (C=O) groups is 4. The van der Waals surface area contributed by atoms with Crippen LogP contribution in [-0.4, -0.2) is 219 Å². The van der Waals surface area contributed by atoms with Gasteiger partial charge in [-0.1, -0.05) is 0 Å². The minimum absolute atomic E-state index is 0.0790. The van der Waals surface area contributed by atoms with Gasteiger partial charge in [0.1, 0.15) is 109 Å². The van der Waals surface area contributed by atoms with Crippen LogP contribution in [0.3, 0.4) is 0 Å². The molecule has 69 heavy (non-hydrogen) atoms. The second kappa shape index (κ2) is 23.1. The zero-order valence-corrected chi connectivity index (χ0v) is 37.9. The van der Waals surface area contributed by atoms with Crippen LogP contribution in [0.15, 0.2) is 33.5 Å². The summed E-state index contributed by atoms with van der Waals surface area (Å²) in [7, 11) is 0. The summed E-state index contributed by atoms with van der Waals surface area (Å²) in [6.45, 7) is 2.56. The van der Waals surface area contributed by atoms with Crippen molar-refractivity contribution in [2.24, 2.45) is 0 Å². The maximum atomic E-state index is 12.6. The summed E-state index contributed by atoms with van der Waals surface area (Å²) in [4.78, 5) is 61.8. The molecule has 13 N–H and O–H groups in total. The zero-order chi connectivity index (χ0) is 50.6. The van der Waals surface area contributed by atoms with E-state index in [1.165, 1.54) is 18.2 Å². The van der Waals surface area contributed by atoms with Gasteiger partial charge in [-0.15, -0.1) is 0 Å². The van der Waals surface area contributed by atoms with Crippen molar-refractivity contribution in [3.05, 3.63) is 40.2 Å². The van der Waals surface area contributed by atoms with Gasteiger partial charge in [0.15, 0.2) is 18.9 Å². The predicted molar refractivity (Wildman–Crippen MR) is 226 cm³/mol. The molecule has 27 heteroatoms. The van der Waals surface area contributed by atoms with Gasteiger partial charge in [-0.25, -0.2) is 4.79 Å². The number of benzene rings is 1. The van der Waals surface area contributed by atoms with Crippen molar-refractivity contribution in [2.45, 2.75) is 157 Å². The lowest BCUT2D eigenvalue weighted by Gasteiger charge is -2.51. The van der Waals surface area contributed by atoms with Crippen molar-refractivity contribution < 1.29 is 107 Å². The van der Waals surface area contributed by atoms with E-state index in [1.54, 1.807) is 13.0 Å². The molecule has 27 nitrogen and oxygen atoms in total. The van der Waals surface area contributed by atoms with Gasteiger partial charge in [0.05, 0.1) is 26.4 Å². The maximum Gasteiger partial charge on any atom is 0.336 e. The molecule has 5 heterocycles. The van der Waals surface area contributed by atoms with Crippen molar-refractivity contribution in [1.82, 2.24) is 21.3 Å². The number of aryl methyl sites for hydroxylation is 1. The second-order valence-electron chi connectivity index (χ2n) is 17.1. The molecule has 4 fully saturated rings. The third-order valence-corrected chi connectivity index (χ3v) is 12.0. The Bertz CT molecular complexity index is 2170. The molecule has 4 aliphatic heterocycles. The molecule has 0 saturated carbocycles. The minimum atomic E-state index is -1.93. The molecule has 1 aromatic carbocycles. The van der Waals surface area contributed by atoms with Crippen molar-refractivity contribution in [1.29, 1.82) is 0 Å². The zero-order valence-electron chi connectivity index (χ0n) is 37.9. The molecule has 6 rings (SSSR count). The van der Waals surface area contributed by atoms with Crippen LogP contribution in [0.1, 0.15) is 33.3 Å². The fourth-order valence-corrected chi connectivity index (χ4v) is 8.77. The van der Waals surface area contributed by atoms with E-state index in [9.17, 15) is 69.9 Å². The Morgan fingerprint density at radius 1 is 0.522 bits per heavy atom. The summed E-state index contributed by atoms with van der Waals surface area (Å²) < 4.78 is 53.2. The molecule has 0 aliphatic carbocycles. The maximum absolute atomic E-state index is 12.6. The molecule has 20 atom stereocenters. The summed E-state index contributed by atoms with van der Waals surface area (Å²) in [5.74, 6) is -2.79. The number of ether oxygens (including phenoxy) is 8. The number of rotatable bonds is 16. The van der Waals surface area contributed by atoms with Gasteiger partial charge in [0.25, 0.3) is 0 Å². The minimum Gasteiger partial charge on any atom is -0.462 e. The highest BCUT2D eigenvalue weighted by molar-refractivity contribution is 5.81. The van der Waals surface area contributed by atoms with E-state index in [1.807, 2.05) is 0 Å². The van der Waals surface area contributed by atoms with E-state index in [4.69, 9.17) is 42.3 Å². The average molecular weight is 989 g/mol.